The van der Waals surface area contributed by atoms with Crippen LogP contribution in [-0.2, 0) is 14.3 Å². The number of hydrogen-bond donors (Lipinski definition) is 1. The summed E-state index contributed by atoms with van der Waals surface area (Å²) in [5, 5.41) is 2.86. The first kappa shape index (κ1) is 17.7. The Balaban J connectivity index is 1.42. The number of ether oxygens (including phenoxy) is 2. The smallest absolute Gasteiger partial charge is 0.227 e. The highest BCUT2D eigenvalue weighted by Crippen LogP contribution is 2.30. The number of aromatic nitrogens is 1. The van der Waals surface area contributed by atoms with E-state index in [1.54, 1.807) is 19.4 Å². The molecule has 2 aliphatic rings. The Kier molecular flexibility index (Phi) is 5.86. The normalized spacial score (nSPS) is 18.0. The third kappa shape index (κ3) is 5.16. The van der Waals surface area contributed by atoms with E-state index in [4.69, 9.17) is 9.47 Å². The van der Waals surface area contributed by atoms with Crippen molar-refractivity contribution in [2.24, 2.45) is 5.92 Å². The Hall–Kier alpha value is -2.15. The van der Waals surface area contributed by atoms with Gasteiger partial charge in [-0.15, -0.1) is 0 Å². The minimum atomic E-state index is 0.0610. The Bertz CT molecular complexity index is 593. The van der Waals surface area contributed by atoms with Crippen LogP contribution < -0.4 is 10.1 Å². The van der Waals surface area contributed by atoms with E-state index in [-0.39, 0.29) is 23.8 Å². The Labute approximate surface area is 147 Å². The highest BCUT2D eigenvalue weighted by molar-refractivity contribution is 5.93. The maximum Gasteiger partial charge on any atom is 0.227 e. The first-order valence-corrected chi connectivity index (χ1v) is 8.86. The molecule has 7 heteroatoms. The second-order valence-corrected chi connectivity index (χ2v) is 6.59. The van der Waals surface area contributed by atoms with E-state index in [0.717, 1.165) is 25.7 Å². The molecule has 2 amide bonds. The third-order valence-corrected chi connectivity index (χ3v) is 4.55. The van der Waals surface area contributed by atoms with Gasteiger partial charge in [-0.1, -0.05) is 0 Å². The molecule has 0 aromatic carbocycles. The average Bonchev–Trinajstić information content (AvgIpc) is 3.47. The summed E-state index contributed by atoms with van der Waals surface area (Å²) in [7, 11) is 1.60. The molecule has 0 bridgehead atoms. The van der Waals surface area contributed by atoms with Crippen LogP contribution in [0.1, 0.15) is 32.1 Å². The fourth-order valence-electron chi connectivity index (χ4n) is 2.86. The minimum absolute atomic E-state index is 0.0610. The number of carbonyl (C=O) groups is 2. The maximum absolute atomic E-state index is 12.0. The topological polar surface area (TPSA) is 80.8 Å². The third-order valence-electron chi connectivity index (χ3n) is 4.55. The molecule has 1 aromatic rings. The van der Waals surface area contributed by atoms with Gasteiger partial charge in [0.1, 0.15) is 6.10 Å². The number of hydrogen-bond acceptors (Lipinski definition) is 5. The van der Waals surface area contributed by atoms with Crippen molar-refractivity contribution in [1.29, 1.82) is 0 Å². The molecule has 25 heavy (non-hydrogen) atoms. The second kappa shape index (κ2) is 8.29. The van der Waals surface area contributed by atoms with Crippen molar-refractivity contribution in [2.45, 2.75) is 38.2 Å². The van der Waals surface area contributed by atoms with Crippen LogP contribution in [0.2, 0.25) is 0 Å². The lowest BCUT2D eigenvalue weighted by atomic mass is 10.1. The van der Waals surface area contributed by atoms with Gasteiger partial charge in [-0.05, 0) is 18.9 Å². The van der Waals surface area contributed by atoms with Crippen molar-refractivity contribution in [3.05, 3.63) is 18.3 Å². The molecule has 0 unspecified atom stereocenters. The zero-order valence-corrected chi connectivity index (χ0v) is 14.6. The first-order valence-electron chi connectivity index (χ1n) is 8.86. The molecule has 2 heterocycles. The number of anilines is 1. The van der Waals surface area contributed by atoms with Crippen LogP contribution in [0, 0.1) is 5.92 Å². The van der Waals surface area contributed by atoms with Crippen molar-refractivity contribution in [3.8, 4) is 5.88 Å². The number of methoxy groups -OCH3 is 1. The van der Waals surface area contributed by atoms with Crippen LogP contribution >= 0.6 is 0 Å². The van der Waals surface area contributed by atoms with Crippen molar-refractivity contribution in [3.63, 3.8) is 0 Å². The quantitative estimate of drug-likeness (QED) is 0.814. The number of amides is 2. The van der Waals surface area contributed by atoms with Crippen molar-refractivity contribution < 1.29 is 19.1 Å². The van der Waals surface area contributed by atoms with Crippen molar-refractivity contribution in [2.75, 3.05) is 32.1 Å². The van der Waals surface area contributed by atoms with Gasteiger partial charge in [0.25, 0.3) is 0 Å². The minimum Gasteiger partial charge on any atom is -0.474 e. The van der Waals surface area contributed by atoms with Gasteiger partial charge in [0, 0.05) is 45.0 Å². The summed E-state index contributed by atoms with van der Waals surface area (Å²) in [5.74, 6) is 0.927. The number of nitrogens with one attached hydrogen (secondary N) is 1. The summed E-state index contributed by atoms with van der Waals surface area (Å²) in [5.41, 5.74) is 0.697. The highest BCUT2D eigenvalue weighted by atomic mass is 16.5. The number of pyridine rings is 1. The molecule has 1 aromatic heterocycles. The number of carbonyl (C=O) groups excluding carboxylic acids is 2. The van der Waals surface area contributed by atoms with Crippen molar-refractivity contribution in [1.82, 2.24) is 9.88 Å². The summed E-state index contributed by atoms with van der Waals surface area (Å²) in [6, 6.07) is 3.59. The predicted octanol–water partition coefficient (Wildman–Crippen LogP) is 1.84. The largest absolute Gasteiger partial charge is 0.474 e. The predicted molar refractivity (Wildman–Crippen MR) is 92.3 cm³/mol. The molecule has 1 aliphatic heterocycles. The molecular formula is C18H25N3O4. The van der Waals surface area contributed by atoms with Gasteiger partial charge >= 0.3 is 0 Å². The lowest BCUT2D eigenvalue weighted by molar-refractivity contribution is -0.133. The lowest BCUT2D eigenvalue weighted by Crippen LogP contribution is -2.42. The zero-order chi connectivity index (χ0) is 17.6. The van der Waals surface area contributed by atoms with Gasteiger partial charge in [-0.25, -0.2) is 4.98 Å². The van der Waals surface area contributed by atoms with E-state index >= 15 is 0 Å². The maximum atomic E-state index is 12.0. The SMILES string of the molecule is COCCC(=O)N1CCC(Oc2ccc(NC(=O)C3CC3)cn2)CC1. The molecule has 136 valence electrons. The summed E-state index contributed by atoms with van der Waals surface area (Å²) in [6.07, 6.45) is 5.66. The Morgan fingerprint density at radius 3 is 2.60 bits per heavy atom. The van der Waals surface area contributed by atoms with Crippen LogP contribution in [0.4, 0.5) is 5.69 Å². The van der Waals surface area contributed by atoms with Crippen LogP contribution in [0.3, 0.4) is 0 Å². The molecule has 1 saturated carbocycles. The van der Waals surface area contributed by atoms with Gasteiger partial charge in [-0.3, -0.25) is 9.59 Å². The molecule has 0 spiro atoms. The Morgan fingerprint density at radius 2 is 2.00 bits per heavy atom. The summed E-state index contributed by atoms with van der Waals surface area (Å²) in [6.45, 7) is 1.86. The molecule has 3 rings (SSSR count). The van der Waals surface area contributed by atoms with Gasteiger partial charge in [-0.2, -0.15) is 0 Å². The highest BCUT2D eigenvalue weighted by Gasteiger charge is 2.29. The number of likely N-dealkylation sites (tertiary alicyclic amines) is 1. The van der Waals surface area contributed by atoms with Crippen LogP contribution in [0.15, 0.2) is 18.3 Å². The van der Waals surface area contributed by atoms with E-state index in [1.165, 1.54) is 0 Å². The fourth-order valence-corrected chi connectivity index (χ4v) is 2.86. The number of nitrogens with zero attached hydrogens (tertiary/aromatic N) is 2. The van der Waals surface area contributed by atoms with Crippen LogP contribution in [0.25, 0.3) is 0 Å². The molecule has 0 atom stereocenters. The standard InChI is InChI=1S/C18H25N3O4/c1-24-11-8-17(22)21-9-6-15(7-10-21)25-16-5-4-14(12-19-16)20-18(23)13-2-3-13/h4-5,12-13,15H,2-3,6-11H2,1H3,(H,20,23). The second-order valence-electron chi connectivity index (χ2n) is 6.59. The van der Waals surface area contributed by atoms with Gasteiger partial charge in [0.15, 0.2) is 0 Å². The van der Waals surface area contributed by atoms with Crippen LogP contribution in [-0.4, -0.2) is 54.6 Å². The van der Waals surface area contributed by atoms with E-state index < -0.39 is 0 Å². The van der Waals surface area contributed by atoms with E-state index in [9.17, 15) is 9.59 Å². The first-order chi connectivity index (χ1) is 12.2. The van der Waals surface area contributed by atoms with Gasteiger partial charge in [0.2, 0.25) is 17.7 Å². The van der Waals surface area contributed by atoms with Gasteiger partial charge < -0.3 is 19.7 Å². The van der Waals surface area contributed by atoms with Crippen LogP contribution in [0.5, 0.6) is 5.88 Å². The summed E-state index contributed by atoms with van der Waals surface area (Å²) in [4.78, 5) is 29.8. The van der Waals surface area contributed by atoms with E-state index in [1.807, 2.05) is 11.0 Å². The van der Waals surface area contributed by atoms with E-state index in [0.29, 0.717) is 37.7 Å². The van der Waals surface area contributed by atoms with Crippen molar-refractivity contribution >= 4 is 17.5 Å². The monoisotopic (exact) mass is 347 g/mol. The Morgan fingerprint density at radius 1 is 1.24 bits per heavy atom. The molecule has 1 N–H and O–H groups in total. The van der Waals surface area contributed by atoms with Gasteiger partial charge in [0.05, 0.1) is 24.9 Å². The summed E-state index contributed by atoms with van der Waals surface area (Å²) >= 11 is 0. The lowest BCUT2D eigenvalue weighted by Gasteiger charge is -2.32. The molecule has 2 fully saturated rings. The molecule has 1 saturated heterocycles. The molecule has 0 radical (unpaired) electrons. The van der Waals surface area contributed by atoms with E-state index in [2.05, 4.69) is 10.3 Å². The zero-order valence-electron chi connectivity index (χ0n) is 14.6. The number of rotatable bonds is 7. The molecule has 1 aliphatic carbocycles. The molecule has 7 nitrogen and oxygen atoms in total. The fraction of sp³-hybridized carbons (Fsp3) is 0.611. The summed E-state index contributed by atoms with van der Waals surface area (Å²) < 4.78 is 10.8. The number of piperidine rings is 1. The molecular weight excluding hydrogens is 322 g/mol. The average molecular weight is 347 g/mol.